The van der Waals surface area contributed by atoms with Crippen molar-refractivity contribution in [2.24, 2.45) is 35.0 Å². The Morgan fingerprint density at radius 3 is 2.42 bits per heavy atom. The molecular weight excluding hydrogens is 324 g/mol. The van der Waals surface area contributed by atoms with Gasteiger partial charge in [-0.2, -0.15) is 0 Å². The van der Waals surface area contributed by atoms with Crippen molar-refractivity contribution in [3.05, 3.63) is 12.2 Å². The molecule has 26 heavy (non-hydrogen) atoms. The first-order chi connectivity index (χ1) is 12.2. The number of hydrogen-bond donors (Lipinski definition) is 2. The minimum atomic E-state index is -0.662. The third-order valence-electron chi connectivity index (χ3n) is 9.37. The fraction of sp³-hybridized carbons (Fsp3) is 0.913. The normalized spacial score (nSPS) is 53.5. The molecule has 0 radical (unpaired) electrons. The molecule has 0 aromatic heterocycles. The van der Waals surface area contributed by atoms with Crippen LogP contribution in [0.4, 0.5) is 0 Å². The molecule has 4 fully saturated rings. The van der Waals surface area contributed by atoms with Crippen LogP contribution in [0, 0.1) is 35.0 Å². The molecule has 148 valence electrons. The van der Waals surface area contributed by atoms with Crippen LogP contribution in [0.15, 0.2) is 12.2 Å². The van der Waals surface area contributed by atoms with Gasteiger partial charge in [0.1, 0.15) is 0 Å². The SMILES string of the molecule is C=C(C)[C@@]1(O)CC[C@H]2[C@@H]3CC[C@H]4C[C@@](O)(COC)CC[C@@H]4[C@H]3CC[C@@]21C. The molecule has 4 rings (SSSR count). The highest BCUT2D eigenvalue weighted by molar-refractivity contribution is 5.24. The zero-order chi connectivity index (χ0) is 18.7. The van der Waals surface area contributed by atoms with Crippen LogP contribution < -0.4 is 0 Å². The smallest absolute Gasteiger partial charge is 0.0907 e. The molecule has 3 nitrogen and oxygen atoms in total. The second-order valence-corrected chi connectivity index (χ2v) is 10.5. The molecule has 8 atom stereocenters. The summed E-state index contributed by atoms with van der Waals surface area (Å²) in [4.78, 5) is 0. The molecule has 0 aromatic rings. The van der Waals surface area contributed by atoms with Crippen LogP contribution in [0.5, 0.6) is 0 Å². The summed E-state index contributed by atoms with van der Waals surface area (Å²) in [7, 11) is 1.70. The number of ether oxygens (including phenoxy) is 1. The van der Waals surface area contributed by atoms with E-state index in [1.54, 1.807) is 7.11 Å². The Morgan fingerprint density at radius 2 is 1.73 bits per heavy atom. The van der Waals surface area contributed by atoms with E-state index in [9.17, 15) is 10.2 Å². The van der Waals surface area contributed by atoms with E-state index in [0.29, 0.717) is 18.4 Å². The first-order valence-electron chi connectivity index (χ1n) is 10.8. The first-order valence-corrected chi connectivity index (χ1v) is 10.8. The Bertz CT molecular complexity index is 574. The lowest BCUT2D eigenvalue weighted by molar-refractivity contribution is -0.139. The average Bonchev–Trinajstić information content (AvgIpc) is 2.87. The summed E-state index contributed by atoms with van der Waals surface area (Å²) in [5, 5.41) is 22.3. The van der Waals surface area contributed by atoms with Crippen molar-refractivity contribution >= 4 is 0 Å². The first kappa shape index (κ1) is 19.0. The Balaban J connectivity index is 1.54. The van der Waals surface area contributed by atoms with Crippen LogP contribution in [0.2, 0.25) is 0 Å². The number of hydrogen-bond acceptors (Lipinski definition) is 3. The van der Waals surface area contributed by atoms with Crippen LogP contribution in [-0.2, 0) is 4.74 Å². The van der Waals surface area contributed by atoms with Crippen molar-refractivity contribution in [2.75, 3.05) is 13.7 Å². The summed E-state index contributed by atoms with van der Waals surface area (Å²) in [5.41, 5.74) is -0.278. The second kappa shape index (κ2) is 6.32. The fourth-order valence-electron chi connectivity index (χ4n) is 8.08. The van der Waals surface area contributed by atoms with Crippen molar-refractivity contribution in [1.29, 1.82) is 0 Å². The molecule has 2 N–H and O–H groups in total. The molecule has 3 heteroatoms. The van der Waals surface area contributed by atoms with Gasteiger partial charge in [0, 0.05) is 12.5 Å². The molecule has 0 aliphatic heterocycles. The van der Waals surface area contributed by atoms with Gasteiger partial charge in [0.05, 0.1) is 17.8 Å². The van der Waals surface area contributed by atoms with Crippen molar-refractivity contribution in [3.63, 3.8) is 0 Å². The predicted octanol–water partition coefficient (Wildman–Crippen LogP) is 4.32. The van der Waals surface area contributed by atoms with Crippen molar-refractivity contribution in [2.45, 2.75) is 82.8 Å². The van der Waals surface area contributed by atoms with Crippen LogP contribution in [0.3, 0.4) is 0 Å². The van der Waals surface area contributed by atoms with Crippen molar-refractivity contribution < 1.29 is 14.9 Å². The molecule has 4 aliphatic carbocycles. The maximum Gasteiger partial charge on any atom is 0.0907 e. The van der Waals surface area contributed by atoms with Crippen molar-refractivity contribution in [3.8, 4) is 0 Å². The molecule has 0 spiro atoms. The van der Waals surface area contributed by atoms with Crippen molar-refractivity contribution in [1.82, 2.24) is 0 Å². The third-order valence-corrected chi connectivity index (χ3v) is 9.37. The number of rotatable bonds is 3. The van der Waals surface area contributed by atoms with Gasteiger partial charge in [-0.3, -0.25) is 0 Å². The topological polar surface area (TPSA) is 49.7 Å². The third kappa shape index (κ3) is 2.57. The summed E-state index contributed by atoms with van der Waals surface area (Å²) in [6, 6.07) is 0. The van der Waals surface area contributed by atoms with E-state index in [-0.39, 0.29) is 5.41 Å². The molecule has 0 saturated heterocycles. The van der Waals surface area contributed by atoms with Crippen LogP contribution >= 0.6 is 0 Å². The van der Waals surface area contributed by atoms with Gasteiger partial charge in [0.25, 0.3) is 0 Å². The minimum absolute atomic E-state index is 0.0122. The van der Waals surface area contributed by atoms with Crippen LogP contribution in [-0.4, -0.2) is 35.1 Å². The maximum absolute atomic E-state index is 11.4. The summed E-state index contributed by atoms with van der Waals surface area (Å²) in [6.07, 6.45) is 9.93. The maximum atomic E-state index is 11.4. The molecule has 4 aliphatic rings. The van der Waals surface area contributed by atoms with E-state index in [1.807, 2.05) is 6.92 Å². The Morgan fingerprint density at radius 1 is 1.00 bits per heavy atom. The van der Waals surface area contributed by atoms with Gasteiger partial charge < -0.3 is 14.9 Å². The molecule has 0 heterocycles. The molecule has 0 bridgehead atoms. The monoisotopic (exact) mass is 362 g/mol. The zero-order valence-corrected chi connectivity index (χ0v) is 17.0. The highest BCUT2D eigenvalue weighted by atomic mass is 16.5. The summed E-state index contributed by atoms with van der Waals surface area (Å²) < 4.78 is 5.30. The highest BCUT2D eigenvalue weighted by Crippen LogP contribution is 2.66. The number of aliphatic hydroxyl groups is 2. The van der Waals surface area contributed by atoms with Gasteiger partial charge in [-0.05, 0) is 99.9 Å². The summed E-state index contributed by atoms with van der Waals surface area (Å²) in [6.45, 7) is 9.01. The number of fused-ring (bicyclic) bond motifs is 5. The minimum Gasteiger partial charge on any atom is -0.387 e. The molecule has 4 saturated carbocycles. The Kier molecular flexibility index (Phi) is 4.61. The van der Waals surface area contributed by atoms with Gasteiger partial charge in [-0.15, -0.1) is 0 Å². The molecule has 0 amide bonds. The van der Waals surface area contributed by atoms with E-state index >= 15 is 0 Å². The van der Waals surface area contributed by atoms with Gasteiger partial charge >= 0.3 is 0 Å². The lowest BCUT2D eigenvalue weighted by Gasteiger charge is -2.58. The average molecular weight is 363 g/mol. The quantitative estimate of drug-likeness (QED) is 0.735. The summed E-state index contributed by atoms with van der Waals surface area (Å²) >= 11 is 0. The van der Waals surface area contributed by atoms with E-state index < -0.39 is 11.2 Å². The molecule has 0 aromatic carbocycles. The van der Waals surface area contributed by atoms with E-state index in [4.69, 9.17) is 4.74 Å². The van der Waals surface area contributed by atoms with E-state index in [1.165, 1.54) is 19.3 Å². The molecule has 0 unspecified atom stereocenters. The van der Waals surface area contributed by atoms with Crippen LogP contribution in [0.25, 0.3) is 0 Å². The standard InChI is InChI=1S/C23H38O3/c1-15(2)23(25)12-9-20-19-6-5-16-13-22(24,14-26-4)11-8-17(16)18(19)7-10-21(20,23)3/h16-20,24-25H,1,5-14H2,2-4H3/t16-,17-,18+,19+,20-,21-,22+,23-/m0/s1. The highest BCUT2D eigenvalue weighted by Gasteiger charge is 2.63. The largest absolute Gasteiger partial charge is 0.387 e. The predicted molar refractivity (Wildman–Crippen MR) is 104 cm³/mol. The van der Waals surface area contributed by atoms with E-state index in [0.717, 1.165) is 61.9 Å². The summed E-state index contributed by atoms with van der Waals surface area (Å²) in [5.74, 6) is 3.64. The van der Waals surface area contributed by atoms with E-state index in [2.05, 4.69) is 13.5 Å². The lowest BCUT2D eigenvalue weighted by Crippen LogP contribution is -2.55. The van der Waals surface area contributed by atoms with Gasteiger partial charge in [0.2, 0.25) is 0 Å². The second-order valence-electron chi connectivity index (χ2n) is 10.5. The number of methoxy groups -OCH3 is 1. The Labute approximate surface area is 159 Å². The zero-order valence-electron chi connectivity index (χ0n) is 17.0. The fourth-order valence-corrected chi connectivity index (χ4v) is 8.08. The lowest BCUT2D eigenvalue weighted by atomic mass is 9.48. The molecular formula is C23H38O3. The van der Waals surface area contributed by atoms with Gasteiger partial charge in [-0.1, -0.05) is 13.5 Å². The van der Waals surface area contributed by atoms with Gasteiger partial charge in [0.15, 0.2) is 0 Å². The van der Waals surface area contributed by atoms with Crippen LogP contribution in [0.1, 0.15) is 71.6 Å². The Hall–Kier alpha value is -0.380. The van der Waals surface area contributed by atoms with Gasteiger partial charge in [-0.25, -0.2) is 0 Å².